The van der Waals surface area contributed by atoms with E-state index in [1.54, 1.807) is 6.07 Å². The van der Waals surface area contributed by atoms with Gasteiger partial charge in [0.1, 0.15) is 5.82 Å². The quantitative estimate of drug-likeness (QED) is 0.780. The SMILES string of the molecule is O=C(O)[C@@H]1CN(C(=O)NC2CCC(c3cccc(F)c3)C2)C[C@H]1C(F)(F)F. The number of alkyl halides is 3. The van der Waals surface area contributed by atoms with Crippen LogP contribution in [0.5, 0.6) is 0 Å². The number of carboxylic acids is 1. The summed E-state index contributed by atoms with van der Waals surface area (Å²) in [5.41, 5.74) is 0.830. The van der Waals surface area contributed by atoms with E-state index in [4.69, 9.17) is 5.11 Å². The third-order valence-corrected chi connectivity index (χ3v) is 5.43. The highest BCUT2D eigenvalue weighted by Gasteiger charge is 2.53. The van der Waals surface area contributed by atoms with Gasteiger partial charge < -0.3 is 15.3 Å². The van der Waals surface area contributed by atoms with Crippen LogP contribution in [0.4, 0.5) is 22.4 Å². The Bertz CT molecular complexity index is 725. The Balaban J connectivity index is 1.59. The molecule has 0 bridgehead atoms. The number of carbonyl (C=O) groups is 2. The third kappa shape index (κ3) is 4.33. The monoisotopic (exact) mass is 388 g/mol. The number of carboxylic acid groups (broad SMARTS) is 1. The highest BCUT2D eigenvalue weighted by Crippen LogP contribution is 2.38. The number of hydrogen-bond acceptors (Lipinski definition) is 2. The number of nitrogens with zero attached hydrogens (tertiary/aromatic N) is 1. The summed E-state index contributed by atoms with van der Waals surface area (Å²) in [5, 5.41) is 11.7. The number of nitrogens with one attached hydrogen (secondary N) is 1. The number of amides is 2. The Morgan fingerprint density at radius 1 is 1.19 bits per heavy atom. The number of likely N-dealkylation sites (tertiary alicyclic amines) is 1. The molecule has 5 nitrogen and oxygen atoms in total. The molecule has 148 valence electrons. The van der Waals surface area contributed by atoms with Gasteiger partial charge in [-0.25, -0.2) is 9.18 Å². The molecule has 2 N–H and O–H groups in total. The van der Waals surface area contributed by atoms with Gasteiger partial charge in [-0.2, -0.15) is 13.2 Å². The van der Waals surface area contributed by atoms with Crippen molar-refractivity contribution in [1.29, 1.82) is 0 Å². The molecule has 27 heavy (non-hydrogen) atoms. The summed E-state index contributed by atoms with van der Waals surface area (Å²) in [5.74, 6) is -5.54. The summed E-state index contributed by atoms with van der Waals surface area (Å²) in [6.45, 7) is -1.13. The zero-order chi connectivity index (χ0) is 19.8. The molecule has 4 atom stereocenters. The number of aliphatic carboxylic acids is 1. The Morgan fingerprint density at radius 3 is 2.52 bits per heavy atom. The Morgan fingerprint density at radius 2 is 1.93 bits per heavy atom. The van der Waals surface area contributed by atoms with Gasteiger partial charge in [-0.05, 0) is 42.9 Å². The van der Waals surface area contributed by atoms with Crippen molar-refractivity contribution in [1.82, 2.24) is 10.2 Å². The van der Waals surface area contributed by atoms with Crippen LogP contribution in [0.25, 0.3) is 0 Å². The molecule has 2 amide bonds. The van der Waals surface area contributed by atoms with Gasteiger partial charge in [-0.15, -0.1) is 0 Å². The molecule has 0 aromatic heterocycles. The van der Waals surface area contributed by atoms with Crippen molar-refractivity contribution in [2.75, 3.05) is 13.1 Å². The van der Waals surface area contributed by atoms with Crippen molar-refractivity contribution < 1.29 is 32.3 Å². The molecule has 2 unspecified atom stereocenters. The smallest absolute Gasteiger partial charge is 0.394 e. The number of halogens is 4. The van der Waals surface area contributed by atoms with Crippen LogP contribution in [-0.4, -0.2) is 47.3 Å². The van der Waals surface area contributed by atoms with Crippen LogP contribution in [0.15, 0.2) is 24.3 Å². The van der Waals surface area contributed by atoms with E-state index in [2.05, 4.69) is 5.32 Å². The minimum Gasteiger partial charge on any atom is -0.481 e. The summed E-state index contributed by atoms with van der Waals surface area (Å²) < 4.78 is 52.4. The first kappa shape index (κ1) is 19.4. The van der Waals surface area contributed by atoms with Crippen LogP contribution in [0.3, 0.4) is 0 Å². The van der Waals surface area contributed by atoms with E-state index in [1.165, 1.54) is 12.1 Å². The Hall–Kier alpha value is -2.32. The Labute approximate surface area is 153 Å². The number of carbonyl (C=O) groups excluding carboxylic acids is 1. The lowest BCUT2D eigenvalue weighted by Gasteiger charge is -2.21. The minimum atomic E-state index is -4.67. The highest BCUT2D eigenvalue weighted by molar-refractivity contribution is 5.78. The average molecular weight is 388 g/mol. The predicted molar refractivity (Wildman–Crippen MR) is 87.6 cm³/mol. The van der Waals surface area contributed by atoms with E-state index in [9.17, 15) is 27.2 Å². The van der Waals surface area contributed by atoms with Gasteiger partial charge >= 0.3 is 18.2 Å². The lowest BCUT2D eigenvalue weighted by molar-refractivity contribution is -0.187. The maximum Gasteiger partial charge on any atom is 0.394 e. The molecular weight excluding hydrogens is 368 g/mol. The largest absolute Gasteiger partial charge is 0.481 e. The van der Waals surface area contributed by atoms with Crippen molar-refractivity contribution in [2.45, 2.75) is 37.4 Å². The maximum absolute atomic E-state index is 13.4. The molecule has 1 heterocycles. The van der Waals surface area contributed by atoms with Gasteiger partial charge in [-0.1, -0.05) is 12.1 Å². The van der Waals surface area contributed by atoms with Crippen LogP contribution in [0.1, 0.15) is 30.7 Å². The van der Waals surface area contributed by atoms with Crippen molar-refractivity contribution in [3.05, 3.63) is 35.6 Å². The van der Waals surface area contributed by atoms with E-state index >= 15 is 0 Å². The highest BCUT2D eigenvalue weighted by atomic mass is 19.4. The molecule has 1 aliphatic heterocycles. The molecular formula is C18H20F4N2O3. The first-order chi connectivity index (χ1) is 12.6. The normalized spacial score (nSPS) is 28.4. The maximum atomic E-state index is 13.4. The van der Waals surface area contributed by atoms with E-state index in [1.807, 2.05) is 6.07 Å². The molecule has 1 aromatic carbocycles. The average Bonchev–Trinajstić information content (AvgIpc) is 3.21. The molecule has 3 rings (SSSR count). The number of benzene rings is 1. The van der Waals surface area contributed by atoms with Gasteiger partial charge in [-0.3, -0.25) is 4.79 Å². The zero-order valence-corrected chi connectivity index (χ0v) is 14.4. The summed E-state index contributed by atoms with van der Waals surface area (Å²) in [7, 11) is 0. The first-order valence-corrected chi connectivity index (χ1v) is 8.75. The fourth-order valence-corrected chi connectivity index (χ4v) is 3.99. The van der Waals surface area contributed by atoms with E-state index in [-0.39, 0.29) is 17.8 Å². The van der Waals surface area contributed by atoms with Crippen LogP contribution in [0, 0.1) is 17.7 Å². The van der Waals surface area contributed by atoms with Crippen molar-refractivity contribution in [2.24, 2.45) is 11.8 Å². The second-order valence-electron chi connectivity index (χ2n) is 7.21. The molecule has 2 aliphatic rings. The Kier molecular flexibility index (Phi) is 5.30. The van der Waals surface area contributed by atoms with Crippen LogP contribution < -0.4 is 5.32 Å². The van der Waals surface area contributed by atoms with Gasteiger partial charge in [0, 0.05) is 19.1 Å². The number of urea groups is 1. The lowest BCUT2D eigenvalue weighted by atomic mass is 9.96. The molecule has 1 aliphatic carbocycles. The van der Waals surface area contributed by atoms with Gasteiger partial charge in [0.15, 0.2) is 0 Å². The van der Waals surface area contributed by atoms with E-state index < -0.39 is 43.1 Å². The fourth-order valence-electron chi connectivity index (χ4n) is 3.99. The number of rotatable bonds is 3. The topological polar surface area (TPSA) is 69.6 Å². The standard InChI is InChI=1S/C18H20F4N2O3/c19-12-3-1-2-10(6-12)11-4-5-13(7-11)23-17(27)24-8-14(16(25)26)15(9-24)18(20,21)22/h1-3,6,11,13-15H,4-5,7-9H2,(H,23,27)(H,25,26)/t11?,13?,14-,15-/m1/s1. The zero-order valence-electron chi connectivity index (χ0n) is 14.4. The predicted octanol–water partition coefficient (Wildman–Crippen LogP) is 3.37. The third-order valence-electron chi connectivity index (χ3n) is 5.43. The number of hydrogen-bond donors (Lipinski definition) is 2. The summed E-state index contributed by atoms with van der Waals surface area (Å²) in [6, 6.07) is 5.30. The fraction of sp³-hybridized carbons (Fsp3) is 0.556. The summed E-state index contributed by atoms with van der Waals surface area (Å²) in [6.07, 6.45) is -2.74. The first-order valence-electron chi connectivity index (χ1n) is 8.75. The van der Waals surface area contributed by atoms with Crippen LogP contribution in [-0.2, 0) is 4.79 Å². The molecule has 0 radical (unpaired) electrons. The molecule has 9 heteroatoms. The van der Waals surface area contributed by atoms with E-state index in [0.29, 0.717) is 12.8 Å². The van der Waals surface area contributed by atoms with Crippen LogP contribution >= 0.6 is 0 Å². The molecule has 0 spiro atoms. The van der Waals surface area contributed by atoms with Crippen LogP contribution in [0.2, 0.25) is 0 Å². The van der Waals surface area contributed by atoms with Gasteiger partial charge in [0.2, 0.25) is 0 Å². The molecule has 1 saturated heterocycles. The molecule has 2 fully saturated rings. The molecule has 1 aromatic rings. The van der Waals surface area contributed by atoms with Gasteiger partial charge in [0.05, 0.1) is 11.8 Å². The molecule has 1 saturated carbocycles. The minimum absolute atomic E-state index is 0.0688. The van der Waals surface area contributed by atoms with Crippen molar-refractivity contribution in [3.63, 3.8) is 0 Å². The van der Waals surface area contributed by atoms with Crippen molar-refractivity contribution in [3.8, 4) is 0 Å². The van der Waals surface area contributed by atoms with Gasteiger partial charge in [0.25, 0.3) is 0 Å². The lowest BCUT2D eigenvalue weighted by Crippen LogP contribution is -2.43. The second-order valence-corrected chi connectivity index (χ2v) is 7.21. The van der Waals surface area contributed by atoms with E-state index in [0.717, 1.165) is 16.9 Å². The second kappa shape index (κ2) is 7.36. The summed E-state index contributed by atoms with van der Waals surface area (Å²) in [4.78, 5) is 24.4. The van der Waals surface area contributed by atoms with Crippen molar-refractivity contribution >= 4 is 12.0 Å². The summed E-state index contributed by atoms with van der Waals surface area (Å²) >= 11 is 0.